The van der Waals surface area contributed by atoms with Gasteiger partial charge in [-0.25, -0.2) is 9.97 Å². The van der Waals surface area contributed by atoms with E-state index in [1.54, 1.807) is 11.8 Å². The van der Waals surface area contributed by atoms with Crippen molar-refractivity contribution in [2.75, 3.05) is 32.1 Å². The van der Waals surface area contributed by atoms with Crippen molar-refractivity contribution in [3.63, 3.8) is 0 Å². The predicted octanol–water partition coefficient (Wildman–Crippen LogP) is 1.02. The molecule has 0 radical (unpaired) electrons. The Bertz CT molecular complexity index is 625. The molecule has 2 aromatic rings. The molecule has 0 spiro atoms. The van der Waals surface area contributed by atoms with E-state index in [1.165, 1.54) is 0 Å². The minimum Gasteiger partial charge on any atom is -0.380 e. The average Bonchev–Trinajstić information content (AvgIpc) is 3.07. The van der Waals surface area contributed by atoms with E-state index in [2.05, 4.69) is 32.2 Å². The van der Waals surface area contributed by atoms with Gasteiger partial charge >= 0.3 is 0 Å². The number of anilines is 1. The van der Waals surface area contributed by atoms with E-state index in [4.69, 9.17) is 4.74 Å². The highest BCUT2D eigenvalue weighted by atomic mass is 16.5. The van der Waals surface area contributed by atoms with Gasteiger partial charge in [0.2, 0.25) is 0 Å². The molecule has 1 unspecified atom stereocenters. The van der Waals surface area contributed by atoms with Gasteiger partial charge in [-0.15, -0.1) is 0 Å². The van der Waals surface area contributed by atoms with E-state index in [1.807, 2.05) is 13.2 Å². The molecule has 0 amide bonds. The molecular formula is C14H22N6O. The molecule has 7 heteroatoms. The van der Waals surface area contributed by atoms with Crippen LogP contribution in [0, 0.1) is 0 Å². The van der Waals surface area contributed by atoms with Crippen LogP contribution in [0.3, 0.4) is 0 Å². The molecule has 3 heterocycles. The summed E-state index contributed by atoms with van der Waals surface area (Å²) in [6, 6.07) is 0. The van der Waals surface area contributed by atoms with Gasteiger partial charge in [-0.05, 0) is 13.3 Å². The first-order chi connectivity index (χ1) is 10.2. The zero-order valence-electron chi connectivity index (χ0n) is 12.8. The van der Waals surface area contributed by atoms with Crippen molar-refractivity contribution in [1.82, 2.24) is 24.6 Å². The van der Waals surface area contributed by atoms with Crippen LogP contribution < -0.4 is 5.32 Å². The first kappa shape index (κ1) is 14.2. The fraction of sp³-hybridized carbons (Fsp3) is 0.643. The third-order valence-electron chi connectivity index (χ3n) is 3.91. The van der Waals surface area contributed by atoms with E-state index in [0.717, 1.165) is 55.3 Å². The third kappa shape index (κ3) is 2.84. The van der Waals surface area contributed by atoms with E-state index in [0.29, 0.717) is 6.10 Å². The lowest BCUT2D eigenvalue weighted by molar-refractivity contribution is 0.107. The summed E-state index contributed by atoms with van der Waals surface area (Å²) < 4.78 is 7.20. The van der Waals surface area contributed by atoms with Gasteiger partial charge < -0.3 is 10.1 Å². The summed E-state index contributed by atoms with van der Waals surface area (Å²) in [6.07, 6.45) is 3.22. The van der Waals surface area contributed by atoms with Crippen molar-refractivity contribution in [2.45, 2.75) is 26.0 Å². The van der Waals surface area contributed by atoms with Crippen LogP contribution in [0.5, 0.6) is 0 Å². The van der Waals surface area contributed by atoms with E-state index < -0.39 is 0 Å². The SMILES string of the molecule is CCNc1nc(CN2CCC(OC)C2)nc2c1cnn2C. The van der Waals surface area contributed by atoms with Crippen molar-refractivity contribution >= 4 is 16.9 Å². The van der Waals surface area contributed by atoms with Crippen LogP contribution in [0.25, 0.3) is 11.0 Å². The summed E-state index contributed by atoms with van der Waals surface area (Å²) in [5, 5.41) is 8.55. The van der Waals surface area contributed by atoms with E-state index >= 15 is 0 Å². The number of nitrogens with zero attached hydrogens (tertiary/aromatic N) is 5. The van der Waals surface area contributed by atoms with Crippen LogP contribution in [0.1, 0.15) is 19.2 Å². The maximum atomic E-state index is 5.41. The maximum absolute atomic E-state index is 5.41. The Morgan fingerprint density at radius 2 is 2.29 bits per heavy atom. The van der Waals surface area contributed by atoms with Crippen LogP contribution >= 0.6 is 0 Å². The number of aryl methyl sites for hydroxylation is 1. The zero-order valence-corrected chi connectivity index (χ0v) is 12.8. The molecular weight excluding hydrogens is 268 g/mol. The number of hydrogen-bond donors (Lipinski definition) is 1. The quantitative estimate of drug-likeness (QED) is 0.886. The molecule has 1 fully saturated rings. The first-order valence-electron chi connectivity index (χ1n) is 7.39. The lowest BCUT2D eigenvalue weighted by Gasteiger charge is -2.15. The molecule has 2 aromatic heterocycles. The zero-order chi connectivity index (χ0) is 14.8. The van der Waals surface area contributed by atoms with Crippen molar-refractivity contribution in [1.29, 1.82) is 0 Å². The molecule has 0 aliphatic carbocycles. The Balaban J connectivity index is 1.86. The lowest BCUT2D eigenvalue weighted by Crippen LogP contribution is -2.24. The number of ether oxygens (including phenoxy) is 1. The molecule has 1 N–H and O–H groups in total. The van der Waals surface area contributed by atoms with Gasteiger partial charge in [0.05, 0.1) is 24.2 Å². The van der Waals surface area contributed by atoms with Gasteiger partial charge in [0, 0.05) is 33.8 Å². The Morgan fingerprint density at radius 1 is 1.43 bits per heavy atom. The molecule has 0 saturated carbocycles. The van der Waals surface area contributed by atoms with Crippen molar-refractivity contribution < 1.29 is 4.74 Å². The normalized spacial score (nSPS) is 19.5. The molecule has 1 aliphatic rings. The van der Waals surface area contributed by atoms with Gasteiger partial charge in [0.1, 0.15) is 11.6 Å². The number of aromatic nitrogens is 4. The van der Waals surface area contributed by atoms with Crippen molar-refractivity contribution in [3.8, 4) is 0 Å². The highest BCUT2D eigenvalue weighted by Gasteiger charge is 2.23. The number of nitrogens with one attached hydrogen (secondary N) is 1. The molecule has 7 nitrogen and oxygen atoms in total. The minimum atomic E-state index is 0.332. The minimum absolute atomic E-state index is 0.332. The smallest absolute Gasteiger partial charge is 0.163 e. The summed E-state index contributed by atoms with van der Waals surface area (Å²) in [5.74, 6) is 1.70. The Morgan fingerprint density at radius 3 is 3.00 bits per heavy atom. The molecule has 114 valence electrons. The second-order valence-corrected chi connectivity index (χ2v) is 5.41. The first-order valence-corrected chi connectivity index (χ1v) is 7.39. The van der Waals surface area contributed by atoms with Crippen molar-refractivity contribution in [2.24, 2.45) is 7.05 Å². The van der Waals surface area contributed by atoms with Gasteiger partial charge in [0.25, 0.3) is 0 Å². The van der Waals surface area contributed by atoms with Gasteiger partial charge in [0.15, 0.2) is 5.65 Å². The summed E-state index contributed by atoms with van der Waals surface area (Å²) in [5.41, 5.74) is 0.874. The fourth-order valence-corrected chi connectivity index (χ4v) is 2.77. The van der Waals surface area contributed by atoms with Crippen LogP contribution in [0.15, 0.2) is 6.20 Å². The lowest BCUT2D eigenvalue weighted by atomic mass is 10.3. The molecule has 1 aliphatic heterocycles. The second kappa shape index (κ2) is 5.95. The molecule has 0 aromatic carbocycles. The number of likely N-dealkylation sites (tertiary alicyclic amines) is 1. The number of hydrogen-bond acceptors (Lipinski definition) is 6. The summed E-state index contributed by atoms with van der Waals surface area (Å²) in [7, 11) is 3.68. The Kier molecular flexibility index (Phi) is 4.03. The van der Waals surface area contributed by atoms with Crippen LogP contribution in [0.2, 0.25) is 0 Å². The van der Waals surface area contributed by atoms with Crippen LogP contribution in [-0.4, -0.2) is 57.5 Å². The number of rotatable bonds is 5. The molecule has 21 heavy (non-hydrogen) atoms. The Hall–Kier alpha value is -1.73. The fourth-order valence-electron chi connectivity index (χ4n) is 2.77. The number of methoxy groups -OCH3 is 1. The van der Waals surface area contributed by atoms with Crippen molar-refractivity contribution in [3.05, 3.63) is 12.0 Å². The molecule has 3 rings (SSSR count). The molecule has 1 saturated heterocycles. The van der Waals surface area contributed by atoms with Gasteiger partial charge in [-0.1, -0.05) is 0 Å². The van der Waals surface area contributed by atoms with Crippen LogP contribution in [0.4, 0.5) is 5.82 Å². The standard InChI is InChI=1S/C14H22N6O/c1-4-15-13-11-7-16-19(2)14(11)18-12(17-13)9-20-6-5-10(8-20)21-3/h7,10H,4-6,8-9H2,1-3H3,(H,15,17,18). The van der Waals surface area contributed by atoms with E-state index in [9.17, 15) is 0 Å². The topological polar surface area (TPSA) is 68.1 Å². The average molecular weight is 290 g/mol. The highest BCUT2D eigenvalue weighted by molar-refractivity contribution is 5.86. The molecule has 1 atom stereocenters. The largest absolute Gasteiger partial charge is 0.380 e. The highest BCUT2D eigenvalue weighted by Crippen LogP contribution is 2.21. The monoisotopic (exact) mass is 290 g/mol. The Labute approximate surface area is 124 Å². The summed E-state index contributed by atoms with van der Waals surface area (Å²) in [4.78, 5) is 11.7. The second-order valence-electron chi connectivity index (χ2n) is 5.41. The number of fused-ring (bicyclic) bond motifs is 1. The van der Waals surface area contributed by atoms with Crippen LogP contribution in [-0.2, 0) is 18.3 Å². The van der Waals surface area contributed by atoms with Gasteiger partial charge in [-0.3, -0.25) is 9.58 Å². The van der Waals surface area contributed by atoms with Gasteiger partial charge in [-0.2, -0.15) is 5.10 Å². The molecule has 0 bridgehead atoms. The predicted molar refractivity (Wildman–Crippen MR) is 81.2 cm³/mol. The summed E-state index contributed by atoms with van der Waals surface area (Å²) >= 11 is 0. The third-order valence-corrected chi connectivity index (χ3v) is 3.91. The summed E-state index contributed by atoms with van der Waals surface area (Å²) in [6.45, 7) is 5.62. The maximum Gasteiger partial charge on any atom is 0.163 e. The van der Waals surface area contributed by atoms with E-state index in [-0.39, 0.29) is 0 Å².